The summed E-state index contributed by atoms with van der Waals surface area (Å²) in [4.78, 5) is 0. The highest BCUT2D eigenvalue weighted by Crippen LogP contribution is 2.34. The van der Waals surface area contributed by atoms with Crippen LogP contribution in [0.4, 0.5) is 5.69 Å². The minimum absolute atomic E-state index is 0.121. The molecule has 0 amide bonds. The topological polar surface area (TPSA) is 78.8 Å². The number of ether oxygens (including phenoxy) is 1. The first kappa shape index (κ1) is 15.3. The molecular formula is C15H23N5O. The molecule has 2 aromatic rings. The van der Waals surface area contributed by atoms with E-state index >= 15 is 0 Å². The Bertz CT molecular complexity index is 606. The minimum atomic E-state index is 0.121. The summed E-state index contributed by atoms with van der Waals surface area (Å²) in [6.07, 6.45) is 1.04. The lowest BCUT2D eigenvalue weighted by Gasteiger charge is -2.22. The molecule has 2 rings (SSSR count). The molecule has 0 unspecified atom stereocenters. The normalized spacial score (nSPS) is 11.6. The van der Waals surface area contributed by atoms with Crippen molar-refractivity contribution in [1.82, 2.24) is 20.2 Å². The van der Waals surface area contributed by atoms with Crippen molar-refractivity contribution in [3.05, 3.63) is 18.2 Å². The Morgan fingerprint density at radius 2 is 2.05 bits per heavy atom. The summed E-state index contributed by atoms with van der Waals surface area (Å²) in [7, 11) is 0. The molecule has 0 radical (unpaired) electrons. The number of nitrogen functional groups attached to an aromatic ring is 1. The zero-order valence-electron chi connectivity index (χ0n) is 13.1. The van der Waals surface area contributed by atoms with E-state index in [1.54, 1.807) is 0 Å². The van der Waals surface area contributed by atoms with Crippen LogP contribution in [0.5, 0.6) is 5.75 Å². The molecule has 0 saturated heterocycles. The molecule has 0 bridgehead atoms. The van der Waals surface area contributed by atoms with Crippen LogP contribution in [0.2, 0.25) is 0 Å². The second-order valence-electron chi connectivity index (χ2n) is 5.83. The van der Waals surface area contributed by atoms with Gasteiger partial charge in [0.25, 0.3) is 0 Å². The molecule has 1 aromatic heterocycles. The summed E-state index contributed by atoms with van der Waals surface area (Å²) >= 11 is 0. The molecule has 114 valence electrons. The van der Waals surface area contributed by atoms with Crippen LogP contribution in [0, 0.1) is 5.41 Å². The van der Waals surface area contributed by atoms with Crippen molar-refractivity contribution < 1.29 is 4.74 Å². The van der Waals surface area contributed by atoms with Crippen LogP contribution in [0.1, 0.15) is 34.1 Å². The number of nitrogens with two attached hydrogens (primary N) is 1. The van der Waals surface area contributed by atoms with Gasteiger partial charge in [0.05, 0.1) is 24.4 Å². The minimum Gasteiger partial charge on any atom is -0.491 e. The summed E-state index contributed by atoms with van der Waals surface area (Å²) in [5, 5.41) is 12.1. The van der Waals surface area contributed by atoms with E-state index in [2.05, 4.69) is 36.3 Å². The molecule has 0 spiro atoms. The standard InChI is InChI=1S/C15H23N5O/c1-5-15(3,4)10-20-14(17-18-19-20)11-8-7-9-12(16)13(11)21-6-2/h7-9H,5-6,10,16H2,1-4H3. The third-order valence-electron chi connectivity index (χ3n) is 3.64. The van der Waals surface area contributed by atoms with Gasteiger partial charge < -0.3 is 10.5 Å². The number of nitrogens with zero attached hydrogens (tertiary/aromatic N) is 4. The molecule has 6 heteroatoms. The van der Waals surface area contributed by atoms with Crippen molar-refractivity contribution >= 4 is 5.69 Å². The van der Waals surface area contributed by atoms with Gasteiger partial charge in [-0.15, -0.1) is 5.10 Å². The number of benzene rings is 1. The molecule has 0 aliphatic heterocycles. The lowest BCUT2D eigenvalue weighted by molar-refractivity contribution is 0.278. The number of rotatable bonds is 6. The maximum atomic E-state index is 6.01. The zero-order chi connectivity index (χ0) is 15.5. The number of para-hydroxylation sites is 1. The molecule has 21 heavy (non-hydrogen) atoms. The molecular weight excluding hydrogens is 266 g/mol. The molecule has 1 aromatic carbocycles. The van der Waals surface area contributed by atoms with E-state index in [9.17, 15) is 0 Å². The van der Waals surface area contributed by atoms with Gasteiger partial charge in [-0.3, -0.25) is 0 Å². The lowest BCUT2D eigenvalue weighted by Crippen LogP contribution is -2.20. The van der Waals surface area contributed by atoms with Crippen LogP contribution in [0.25, 0.3) is 11.4 Å². The summed E-state index contributed by atoms with van der Waals surface area (Å²) in [6.45, 7) is 9.77. The summed E-state index contributed by atoms with van der Waals surface area (Å²) < 4.78 is 7.49. The molecule has 0 fully saturated rings. The van der Waals surface area contributed by atoms with Gasteiger partial charge >= 0.3 is 0 Å². The molecule has 0 aliphatic rings. The van der Waals surface area contributed by atoms with Crippen LogP contribution in [-0.2, 0) is 6.54 Å². The van der Waals surface area contributed by atoms with Crippen LogP contribution < -0.4 is 10.5 Å². The fraction of sp³-hybridized carbons (Fsp3) is 0.533. The first-order valence-corrected chi connectivity index (χ1v) is 7.26. The Hall–Kier alpha value is -2.11. The molecule has 0 atom stereocenters. The smallest absolute Gasteiger partial charge is 0.185 e. The average Bonchev–Trinajstić information content (AvgIpc) is 2.88. The highest BCUT2D eigenvalue weighted by Gasteiger charge is 2.22. The first-order valence-electron chi connectivity index (χ1n) is 7.26. The van der Waals surface area contributed by atoms with Crippen molar-refractivity contribution in [2.75, 3.05) is 12.3 Å². The van der Waals surface area contributed by atoms with Crippen LogP contribution in [0.3, 0.4) is 0 Å². The van der Waals surface area contributed by atoms with Crippen LogP contribution in [-0.4, -0.2) is 26.8 Å². The van der Waals surface area contributed by atoms with E-state index in [0.29, 0.717) is 23.9 Å². The fourth-order valence-corrected chi connectivity index (χ4v) is 2.06. The predicted octanol–water partition coefficient (Wildman–Crippen LogP) is 2.76. The second kappa shape index (κ2) is 6.11. The van der Waals surface area contributed by atoms with Gasteiger partial charge in [0.1, 0.15) is 0 Å². The van der Waals surface area contributed by atoms with E-state index in [4.69, 9.17) is 10.5 Å². The third kappa shape index (κ3) is 3.32. The maximum Gasteiger partial charge on any atom is 0.185 e. The highest BCUT2D eigenvalue weighted by atomic mass is 16.5. The largest absolute Gasteiger partial charge is 0.491 e. The van der Waals surface area contributed by atoms with E-state index in [-0.39, 0.29) is 5.41 Å². The van der Waals surface area contributed by atoms with Crippen LogP contribution >= 0.6 is 0 Å². The Kier molecular flexibility index (Phi) is 4.45. The van der Waals surface area contributed by atoms with Crippen LogP contribution in [0.15, 0.2) is 18.2 Å². The van der Waals surface area contributed by atoms with E-state index in [1.165, 1.54) is 0 Å². The van der Waals surface area contributed by atoms with Gasteiger partial charge in [-0.05, 0) is 41.3 Å². The molecule has 2 N–H and O–H groups in total. The molecule has 0 saturated carbocycles. The number of tetrazole rings is 1. The van der Waals surface area contributed by atoms with Gasteiger partial charge in [-0.1, -0.05) is 26.8 Å². The first-order chi connectivity index (χ1) is 9.98. The monoisotopic (exact) mass is 289 g/mol. The number of hydrogen-bond donors (Lipinski definition) is 1. The third-order valence-corrected chi connectivity index (χ3v) is 3.64. The molecule has 0 aliphatic carbocycles. The fourth-order valence-electron chi connectivity index (χ4n) is 2.06. The average molecular weight is 289 g/mol. The predicted molar refractivity (Wildman–Crippen MR) is 82.9 cm³/mol. The molecule has 6 nitrogen and oxygen atoms in total. The van der Waals surface area contributed by atoms with Crippen molar-refractivity contribution in [3.8, 4) is 17.1 Å². The number of aromatic nitrogens is 4. The summed E-state index contributed by atoms with van der Waals surface area (Å²) in [6, 6.07) is 5.64. The number of hydrogen-bond acceptors (Lipinski definition) is 5. The Morgan fingerprint density at radius 3 is 2.71 bits per heavy atom. The zero-order valence-corrected chi connectivity index (χ0v) is 13.1. The summed E-state index contributed by atoms with van der Waals surface area (Å²) in [5.41, 5.74) is 7.56. The quantitative estimate of drug-likeness (QED) is 0.827. The van der Waals surface area contributed by atoms with Gasteiger partial charge in [-0.2, -0.15) is 0 Å². The Balaban J connectivity index is 2.44. The van der Waals surface area contributed by atoms with Gasteiger partial charge in [-0.25, -0.2) is 4.68 Å². The maximum absolute atomic E-state index is 6.01. The van der Waals surface area contributed by atoms with Gasteiger partial charge in [0.15, 0.2) is 11.6 Å². The van der Waals surface area contributed by atoms with E-state index in [0.717, 1.165) is 18.5 Å². The highest BCUT2D eigenvalue weighted by molar-refractivity contribution is 5.73. The van der Waals surface area contributed by atoms with Crippen molar-refractivity contribution in [2.24, 2.45) is 5.41 Å². The van der Waals surface area contributed by atoms with E-state index in [1.807, 2.05) is 29.8 Å². The summed E-state index contributed by atoms with van der Waals surface area (Å²) in [5.74, 6) is 1.33. The second-order valence-corrected chi connectivity index (χ2v) is 5.83. The number of anilines is 1. The lowest BCUT2D eigenvalue weighted by atomic mass is 9.90. The van der Waals surface area contributed by atoms with Gasteiger partial charge in [0.2, 0.25) is 0 Å². The molecule has 1 heterocycles. The van der Waals surface area contributed by atoms with Gasteiger partial charge in [0, 0.05) is 0 Å². The van der Waals surface area contributed by atoms with Crippen molar-refractivity contribution in [2.45, 2.75) is 40.7 Å². The SMILES string of the molecule is CCOc1c(N)cccc1-c1nnnn1CC(C)(C)CC. The Morgan fingerprint density at radius 1 is 1.29 bits per heavy atom. The van der Waals surface area contributed by atoms with Crippen molar-refractivity contribution in [3.63, 3.8) is 0 Å². The van der Waals surface area contributed by atoms with E-state index < -0.39 is 0 Å². The Labute approximate surface area is 125 Å². The van der Waals surface area contributed by atoms with Crippen molar-refractivity contribution in [1.29, 1.82) is 0 Å².